The summed E-state index contributed by atoms with van der Waals surface area (Å²) in [6.45, 7) is 5.59. The fourth-order valence-electron chi connectivity index (χ4n) is 1.86. The Bertz CT molecular complexity index is 465. The van der Waals surface area contributed by atoms with Crippen LogP contribution < -0.4 is 5.73 Å². The van der Waals surface area contributed by atoms with Crippen LogP contribution in [0.3, 0.4) is 0 Å². The molecule has 3 heteroatoms. The minimum Gasteiger partial charge on any atom is -0.325 e. The van der Waals surface area contributed by atoms with Crippen LogP contribution in [0.2, 0.25) is 0 Å². The monoisotopic (exact) mass is 215 g/mol. The molecule has 2 aromatic rings. The Balaban J connectivity index is 2.26. The Hall–Kier alpha value is -1.61. The van der Waals surface area contributed by atoms with Gasteiger partial charge in [-0.3, -0.25) is 4.68 Å². The zero-order chi connectivity index (χ0) is 11.5. The van der Waals surface area contributed by atoms with E-state index < -0.39 is 0 Å². The molecule has 0 aliphatic heterocycles. The zero-order valence-corrected chi connectivity index (χ0v) is 9.77. The molecule has 0 unspecified atom stereocenters. The lowest BCUT2D eigenvalue weighted by Crippen LogP contribution is -2.05. The smallest absolute Gasteiger partial charge is 0.0760 e. The van der Waals surface area contributed by atoms with Crippen LogP contribution in [0.4, 0.5) is 0 Å². The van der Waals surface area contributed by atoms with Crippen molar-refractivity contribution >= 4 is 0 Å². The van der Waals surface area contributed by atoms with Gasteiger partial charge in [-0.1, -0.05) is 18.2 Å². The summed E-state index contributed by atoms with van der Waals surface area (Å²) in [5, 5.41) is 4.40. The largest absolute Gasteiger partial charge is 0.325 e. The van der Waals surface area contributed by atoms with Crippen molar-refractivity contribution < 1.29 is 0 Å². The minimum absolute atomic E-state index is 0.500. The third kappa shape index (κ3) is 2.14. The van der Waals surface area contributed by atoms with Gasteiger partial charge in [0.05, 0.1) is 12.2 Å². The topological polar surface area (TPSA) is 43.8 Å². The molecule has 0 spiro atoms. The molecule has 0 amide bonds. The molecule has 0 fully saturated rings. The van der Waals surface area contributed by atoms with Crippen molar-refractivity contribution in [2.75, 3.05) is 0 Å². The van der Waals surface area contributed by atoms with Crippen molar-refractivity contribution in [3.8, 4) is 0 Å². The molecular weight excluding hydrogens is 198 g/mol. The highest BCUT2D eigenvalue weighted by atomic mass is 15.3. The van der Waals surface area contributed by atoms with Crippen molar-refractivity contribution in [1.29, 1.82) is 0 Å². The van der Waals surface area contributed by atoms with Crippen molar-refractivity contribution in [3.05, 3.63) is 52.8 Å². The van der Waals surface area contributed by atoms with Gasteiger partial charge in [-0.15, -0.1) is 0 Å². The second-order valence-electron chi connectivity index (χ2n) is 4.08. The van der Waals surface area contributed by atoms with Gasteiger partial charge in [0.25, 0.3) is 0 Å². The van der Waals surface area contributed by atoms with Crippen molar-refractivity contribution in [1.82, 2.24) is 9.78 Å². The number of rotatable bonds is 3. The quantitative estimate of drug-likeness (QED) is 0.851. The van der Waals surface area contributed by atoms with Crippen molar-refractivity contribution in [3.63, 3.8) is 0 Å². The molecule has 0 aliphatic rings. The SMILES string of the molecule is Cc1cccc(C)c1Cn1ccc(CN)n1. The summed E-state index contributed by atoms with van der Waals surface area (Å²) >= 11 is 0. The van der Waals surface area contributed by atoms with Gasteiger partial charge >= 0.3 is 0 Å². The Morgan fingerprint density at radius 1 is 1.19 bits per heavy atom. The van der Waals surface area contributed by atoms with Gasteiger partial charge in [0.15, 0.2) is 0 Å². The molecule has 1 aromatic heterocycles. The van der Waals surface area contributed by atoms with E-state index >= 15 is 0 Å². The lowest BCUT2D eigenvalue weighted by atomic mass is 10.0. The first-order valence-corrected chi connectivity index (χ1v) is 5.48. The molecule has 0 aliphatic carbocycles. The predicted molar refractivity (Wildman–Crippen MR) is 65.1 cm³/mol. The van der Waals surface area contributed by atoms with Crippen LogP contribution >= 0.6 is 0 Å². The van der Waals surface area contributed by atoms with Gasteiger partial charge in [0, 0.05) is 12.7 Å². The van der Waals surface area contributed by atoms with Crippen LogP contribution in [-0.2, 0) is 13.1 Å². The summed E-state index contributed by atoms with van der Waals surface area (Å²) in [4.78, 5) is 0. The van der Waals surface area contributed by atoms with E-state index in [0.29, 0.717) is 6.54 Å². The van der Waals surface area contributed by atoms with Gasteiger partial charge < -0.3 is 5.73 Å². The first kappa shape index (κ1) is 10.9. The van der Waals surface area contributed by atoms with Crippen molar-refractivity contribution in [2.24, 2.45) is 5.73 Å². The summed E-state index contributed by atoms with van der Waals surface area (Å²) in [5.74, 6) is 0. The van der Waals surface area contributed by atoms with Gasteiger partial charge in [-0.2, -0.15) is 5.10 Å². The van der Waals surface area contributed by atoms with Crippen LogP contribution in [0, 0.1) is 13.8 Å². The molecule has 16 heavy (non-hydrogen) atoms. The summed E-state index contributed by atoms with van der Waals surface area (Å²) < 4.78 is 1.94. The number of benzene rings is 1. The first-order valence-electron chi connectivity index (χ1n) is 5.48. The molecule has 0 saturated heterocycles. The van der Waals surface area contributed by atoms with E-state index in [2.05, 4.69) is 37.1 Å². The number of hydrogen-bond acceptors (Lipinski definition) is 2. The van der Waals surface area contributed by atoms with E-state index in [4.69, 9.17) is 5.73 Å². The van der Waals surface area contributed by atoms with Crippen molar-refractivity contribution in [2.45, 2.75) is 26.9 Å². The predicted octanol–water partition coefficient (Wildman–Crippen LogP) is 2.01. The Kier molecular flexibility index (Phi) is 3.06. The third-order valence-corrected chi connectivity index (χ3v) is 2.87. The summed E-state index contributed by atoms with van der Waals surface area (Å²) in [6, 6.07) is 8.32. The van der Waals surface area contributed by atoms with Gasteiger partial charge in [0.1, 0.15) is 0 Å². The molecule has 2 N–H and O–H groups in total. The van der Waals surface area contributed by atoms with Crippen LogP contribution in [-0.4, -0.2) is 9.78 Å². The number of aryl methyl sites for hydroxylation is 2. The van der Waals surface area contributed by atoms with Crippen LogP contribution in [0.25, 0.3) is 0 Å². The first-order chi connectivity index (χ1) is 7.70. The lowest BCUT2D eigenvalue weighted by molar-refractivity contribution is 0.667. The van der Waals surface area contributed by atoms with Gasteiger partial charge in [-0.25, -0.2) is 0 Å². The highest BCUT2D eigenvalue weighted by molar-refractivity contribution is 5.33. The Morgan fingerprint density at radius 2 is 1.88 bits per heavy atom. The molecule has 1 heterocycles. The summed E-state index contributed by atoms with van der Waals surface area (Å²) in [7, 11) is 0. The Morgan fingerprint density at radius 3 is 2.44 bits per heavy atom. The van der Waals surface area contributed by atoms with Crippen LogP contribution in [0.15, 0.2) is 30.5 Å². The van der Waals surface area contributed by atoms with Crippen LogP contribution in [0.1, 0.15) is 22.4 Å². The maximum absolute atomic E-state index is 5.54. The lowest BCUT2D eigenvalue weighted by Gasteiger charge is -2.09. The van der Waals surface area contributed by atoms with Crippen LogP contribution in [0.5, 0.6) is 0 Å². The molecular formula is C13H17N3. The molecule has 0 radical (unpaired) electrons. The van der Waals surface area contributed by atoms with Gasteiger partial charge in [-0.05, 0) is 36.6 Å². The fraction of sp³-hybridized carbons (Fsp3) is 0.308. The highest BCUT2D eigenvalue weighted by Gasteiger charge is 2.04. The van der Waals surface area contributed by atoms with Gasteiger partial charge in [0.2, 0.25) is 0 Å². The maximum atomic E-state index is 5.54. The molecule has 0 bridgehead atoms. The maximum Gasteiger partial charge on any atom is 0.0760 e. The third-order valence-electron chi connectivity index (χ3n) is 2.87. The minimum atomic E-state index is 0.500. The van der Waals surface area contributed by atoms with E-state index in [-0.39, 0.29) is 0 Å². The average molecular weight is 215 g/mol. The summed E-state index contributed by atoms with van der Waals surface area (Å²) in [5.41, 5.74) is 10.4. The average Bonchev–Trinajstić information content (AvgIpc) is 2.71. The number of nitrogens with zero attached hydrogens (tertiary/aromatic N) is 2. The summed E-state index contributed by atoms with van der Waals surface area (Å²) in [6.07, 6.45) is 1.98. The van der Waals surface area contributed by atoms with E-state index in [1.165, 1.54) is 16.7 Å². The Labute approximate surface area is 95.9 Å². The molecule has 0 atom stereocenters. The molecule has 0 saturated carbocycles. The molecule has 2 rings (SSSR count). The van der Waals surface area contributed by atoms with E-state index in [1.807, 2.05) is 16.9 Å². The standard InChI is InChI=1S/C13H17N3/c1-10-4-3-5-11(2)13(10)9-16-7-6-12(8-14)15-16/h3-7H,8-9,14H2,1-2H3. The van der Waals surface area contributed by atoms with E-state index in [9.17, 15) is 0 Å². The number of nitrogens with two attached hydrogens (primary N) is 1. The normalized spacial score (nSPS) is 10.7. The zero-order valence-electron chi connectivity index (χ0n) is 9.77. The van der Waals surface area contributed by atoms with E-state index in [1.54, 1.807) is 0 Å². The number of hydrogen-bond donors (Lipinski definition) is 1. The van der Waals surface area contributed by atoms with E-state index in [0.717, 1.165) is 12.2 Å². The fourth-order valence-corrected chi connectivity index (χ4v) is 1.86. The second kappa shape index (κ2) is 4.49. The second-order valence-corrected chi connectivity index (χ2v) is 4.08. The molecule has 84 valence electrons. The molecule has 1 aromatic carbocycles. The number of aromatic nitrogens is 2. The molecule has 3 nitrogen and oxygen atoms in total. The highest BCUT2D eigenvalue weighted by Crippen LogP contribution is 2.14.